The smallest absolute Gasteiger partial charge is 0.305 e. The summed E-state index contributed by atoms with van der Waals surface area (Å²) in [4.78, 5) is 72.4. The summed E-state index contributed by atoms with van der Waals surface area (Å²) in [5, 5.41) is 29.0. The lowest BCUT2D eigenvalue weighted by molar-refractivity contribution is -0.142. The minimum absolute atomic E-state index is 0.0406. The van der Waals surface area contributed by atoms with E-state index in [1.54, 1.807) is 43.5 Å². The van der Waals surface area contributed by atoms with Gasteiger partial charge in [-0.15, -0.1) is 11.3 Å². The first kappa shape index (κ1) is 34.4. The third-order valence-corrected chi connectivity index (χ3v) is 13.9. The SMILES string of the molecule is Cc1c(-c2cc(N3C(=O)C4CC5C(=CCC6C(=O)N(CCC(=O)O)C(=O)C65)C(c5c(O)ccc6ccccc56)C4(C)C3=O)n(C)n2)sc2ccc(Cl)cc12. The van der Waals surface area contributed by atoms with Gasteiger partial charge in [0.15, 0.2) is 0 Å². The number of hydrogen-bond acceptors (Lipinski definition) is 8. The normalized spacial score (nSPS) is 26.4. The molecule has 11 nitrogen and oxygen atoms in total. The van der Waals surface area contributed by atoms with Crippen LogP contribution in [0.5, 0.6) is 5.75 Å². The Morgan fingerprint density at radius 3 is 2.56 bits per heavy atom. The summed E-state index contributed by atoms with van der Waals surface area (Å²) in [6, 6.07) is 18.4. The highest BCUT2D eigenvalue weighted by Crippen LogP contribution is 2.65. The zero-order chi connectivity index (χ0) is 38.0. The summed E-state index contributed by atoms with van der Waals surface area (Å²) in [6.07, 6.45) is 1.88. The molecule has 2 aromatic heterocycles. The number of aliphatic carboxylic acids is 1. The number of anilines is 1. The Hall–Kier alpha value is -5.33. The molecule has 6 unspecified atom stereocenters. The number of amides is 4. The third-order valence-electron chi connectivity index (χ3n) is 12.4. The van der Waals surface area contributed by atoms with Crippen LogP contribution in [-0.2, 0) is 31.0 Å². The van der Waals surface area contributed by atoms with Crippen LogP contribution in [0.4, 0.5) is 5.82 Å². The number of carbonyl (C=O) groups is 5. The molecule has 2 N–H and O–H groups in total. The Labute approximate surface area is 318 Å². The molecule has 4 amide bonds. The number of likely N-dealkylation sites (tertiary alicyclic amines) is 1. The van der Waals surface area contributed by atoms with Crippen LogP contribution in [-0.4, -0.2) is 61.0 Å². The second kappa shape index (κ2) is 12.1. The number of carboxylic acids is 1. The van der Waals surface area contributed by atoms with E-state index in [4.69, 9.17) is 16.7 Å². The van der Waals surface area contributed by atoms with E-state index < -0.39 is 64.6 Å². The molecule has 0 bridgehead atoms. The van der Waals surface area contributed by atoms with Crippen molar-refractivity contribution >= 4 is 79.2 Å². The number of thiophene rings is 1. The van der Waals surface area contributed by atoms with Gasteiger partial charge < -0.3 is 10.2 Å². The van der Waals surface area contributed by atoms with Crippen molar-refractivity contribution in [2.75, 3.05) is 11.4 Å². The molecule has 274 valence electrons. The van der Waals surface area contributed by atoms with E-state index in [1.165, 1.54) is 9.58 Å². The highest BCUT2D eigenvalue weighted by Gasteiger charge is 2.68. The maximum atomic E-state index is 15.2. The predicted molar refractivity (Wildman–Crippen MR) is 203 cm³/mol. The quantitative estimate of drug-likeness (QED) is 0.141. The number of aryl methyl sites for hydroxylation is 2. The monoisotopic (exact) mass is 762 g/mol. The standard InChI is InChI=1S/C41H35ClN4O7S/c1-19-25-16-21(42)9-13-30(25)54-36(19)28-18-31(44(3)43-28)46-38(51)27-17-26-23(10-11-24-33(26)39(52)45(37(24)50)15-14-32(48)49)35(41(27,2)40(46)53)34-22-7-5-4-6-20(22)8-12-29(34)47/h4-10,12-13,16,18,24,26-27,33,35,47H,11,14-15,17H2,1-3H3,(H,48,49). The Kier molecular flexibility index (Phi) is 7.71. The summed E-state index contributed by atoms with van der Waals surface area (Å²) in [7, 11) is 1.69. The first-order valence-corrected chi connectivity index (χ1v) is 19.1. The molecule has 54 heavy (non-hydrogen) atoms. The first-order valence-electron chi connectivity index (χ1n) is 17.9. The molecule has 4 heterocycles. The molecule has 0 spiro atoms. The van der Waals surface area contributed by atoms with Crippen molar-refractivity contribution in [3.05, 3.63) is 88.5 Å². The number of rotatable bonds is 6. The molecule has 1 saturated carbocycles. The highest BCUT2D eigenvalue weighted by molar-refractivity contribution is 7.22. The Morgan fingerprint density at radius 2 is 1.78 bits per heavy atom. The molecule has 3 fully saturated rings. The van der Waals surface area contributed by atoms with E-state index >= 15 is 4.79 Å². The van der Waals surface area contributed by atoms with Crippen molar-refractivity contribution in [1.29, 1.82) is 0 Å². The molecule has 0 radical (unpaired) electrons. The maximum absolute atomic E-state index is 15.2. The molecule has 3 aromatic carbocycles. The van der Waals surface area contributed by atoms with Gasteiger partial charge in [-0.1, -0.05) is 53.6 Å². The number of aromatic nitrogens is 2. The van der Waals surface area contributed by atoms with Crippen LogP contribution >= 0.6 is 22.9 Å². The van der Waals surface area contributed by atoms with Gasteiger partial charge in [0, 0.05) is 40.9 Å². The van der Waals surface area contributed by atoms with Gasteiger partial charge in [-0.2, -0.15) is 5.10 Å². The predicted octanol–water partition coefficient (Wildman–Crippen LogP) is 6.83. The van der Waals surface area contributed by atoms with Gasteiger partial charge in [-0.25, -0.2) is 4.90 Å². The number of fused-ring (bicyclic) bond motifs is 6. The molecule has 4 aliphatic rings. The van der Waals surface area contributed by atoms with Gasteiger partial charge in [0.1, 0.15) is 17.3 Å². The van der Waals surface area contributed by atoms with Crippen molar-refractivity contribution in [3.63, 3.8) is 0 Å². The van der Waals surface area contributed by atoms with Crippen LogP contribution in [0.3, 0.4) is 0 Å². The molecule has 2 aliphatic heterocycles. The van der Waals surface area contributed by atoms with Gasteiger partial charge in [-0.05, 0) is 78.6 Å². The number of imide groups is 2. The number of aromatic hydroxyl groups is 1. The van der Waals surface area contributed by atoms with E-state index in [2.05, 4.69) is 0 Å². The zero-order valence-electron chi connectivity index (χ0n) is 29.6. The Morgan fingerprint density at radius 1 is 1.00 bits per heavy atom. The summed E-state index contributed by atoms with van der Waals surface area (Å²) < 4.78 is 2.56. The van der Waals surface area contributed by atoms with E-state index in [9.17, 15) is 29.4 Å². The van der Waals surface area contributed by atoms with Crippen molar-refractivity contribution in [2.45, 2.75) is 39.0 Å². The van der Waals surface area contributed by atoms with E-state index in [0.29, 0.717) is 27.5 Å². The molecule has 2 saturated heterocycles. The average molecular weight is 763 g/mol. The van der Waals surface area contributed by atoms with Crippen LogP contribution in [0, 0.1) is 36.0 Å². The van der Waals surface area contributed by atoms with E-state index in [0.717, 1.165) is 36.4 Å². The summed E-state index contributed by atoms with van der Waals surface area (Å²) in [5.41, 5.74) is 1.41. The van der Waals surface area contributed by atoms with E-state index in [-0.39, 0.29) is 31.6 Å². The van der Waals surface area contributed by atoms with Gasteiger partial charge in [0.25, 0.3) is 0 Å². The van der Waals surface area contributed by atoms with Gasteiger partial charge in [0.2, 0.25) is 23.6 Å². The fraction of sp³-hybridized carbons (Fsp3) is 0.317. The molecule has 9 rings (SSSR count). The summed E-state index contributed by atoms with van der Waals surface area (Å²) >= 11 is 7.86. The number of hydrogen-bond donors (Lipinski definition) is 2. The van der Waals surface area contributed by atoms with Crippen molar-refractivity contribution in [1.82, 2.24) is 14.7 Å². The van der Waals surface area contributed by atoms with Crippen molar-refractivity contribution in [3.8, 4) is 16.3 Å². The number of halogens is 1. The van der Waals surface area contributed by atoms with Gasteiger partial charge in [0.05, 0.1) is 34.5 Å². The molecule has 5 aromatic rings. The second-order valence-electron chi connectivity index (χ2n) is 15.1. The number of benzene rings is 3. The maximum Gasteiger partial charge on any atom is 0.305 e. The number of allylic oxidation sites excluding steroid dienone is 2. The average Bonchev–Trinajstić information content (AvgIpc) is 3.81. The highest BCUT2D eigenvalue weighted by atomic mass is 35.5. The van der Waals surface area contributed by atoms with Crippen LogP contribution in [0.15, 0.2) is 72.3 Å². The molecular formula is C41H35ClN4O7S. The van der Waals surface area contributed by atoms with Crippen LogP contribution in [0.2, 0.25) is 5.02 Å². The molecule has 6 atom stereocenters. The summed E-state index contributed by atoms with van der Waals surface area (Å²) in [6.45, 7) is 3.53. The zero-order valence-corrected chi connectivity index (χ0v) is 31.1. The van der Waals surface area contributed by atoms with Gasteiger partial charge >= 0.3 is 5.97 Å². The second-order valence-corrected chi connectivity index (χ2v) is 16.5. The lowest BCUT2D eigenvalue weighted by atomic mass is 9.51. The topological polar surface area (TPSA) is 150 Å². The largest absolute Gasteiger partial charge is 0.508 e. The van der Waals surface area contributed by atoms with Crippen molar-refractivity contribution in [2.24, 2.45) is 36.1 Å². The Balaban J connectivity index is 1.19. The van der Waals surface area contributed by atoms with Crippen LogP contribution in [0.1, 0.15) is 43.2 Å². The lowest BCUT2D eigenvalue weighted by Gasteiger charge is -2.49. The number of carbonyl (C=O) groups excluding carboxylic acids is 4. The minimum Gasteiger partial charge on any atom is -0.508 e. The molecule has 2 aliphatic carbocycles. The fourth-order valence-corrected chi connectivity index (χ4v) is 11.2. The third kappa shape index (κ3) is 4.72. The summed E-state index contributed by atoms with van der Waals surface area (Å²) in [5.74, 6) is -6.53. The number of phenols is 1. The molecular weight excluding hydrogens is 728 g/mol. The van der Waals surface area contributed by atoms with E-state index in [1.807, 2.05) is 55.5 Å². The van der Waals surface area contributed by atoms with Crippen molar-refractivity contribution < 1.29 is 34.2 Å². The number of phenolic OH excluding ortho intramolecular Hbond substituents is 1. The van der Waals surface area contributed by atoms with Crippen LogP contribution in [0.25, 0.3) is 31.4 Å². The first-order chi connectivity index (χ1) is 25.8. The van der Waals surface area contributed by atoms with Crippen LogP contribution < -0.4 is 4.90 Å². The Bertz CT molecular complexity index is 2560. The number of carboxylic acid groups (broad SMARTS) is 1. The van der Waals surface area contributed by atoms with Gasteiger partial charge in [-0.3, -0.25) is 33.6 Å². The lowest BCUT2D eigenvalue weighted by Crippen LogP contribution is -2.49. The molecule has 13 heteroatoms. The fourth-order valence-electron chi connectivity index (χ4n) is 9.84. The minimum atomic E-state index is -1.39. The number of nitrogens with zero attached hydrogens (tertiary/aromatic N) is 4.